The molecule has 0 radical (unpaired) electrons. The zero-order chi connectivity index (χ0) is 25.0. The zero-order valence-electron chi connectivity index (χ0n) is 19.9. The summed E-state index contributed by atoms with van der Waals surface area (Å²) in [6, 6.07) is 7.33. The number of pyridine rings is 1. The van der Waals surface area contributed by atoms with Crippen LogP contribution in [0.2, 0.25) is 10.0 Å². The van der Waals surface area contributed by atoms with Gasteiger partial charge in [-0.1, -0.05) is 34.4 Å². The molecule has 3 aromatic rings. The van der Waals surface area contributed by atoms with E-state index < -0.39 is 5.97 Å². The van der Waals surface area contributed by atoms with E-state index in [1.165, 1.54) is 6.20 Å². The third kappa shape index (κ3) is 4.38. The minimum atomic E-state index is -0.942. The van der Waals surface area contributed by atoms with Crippen molar-refractivity contribution < 1.29 is 19.2 Å². The SMILES string of the molecule is Cc1cc(N2C[C@H]3CC(OCc4c(-c5c(Cl)cccc5Cl)noc4C4CC4)C[C@H]3C2)ncc1C(=O)O. The van der Waals surface area contributed by atoms with Gasteiger partial charge in [0.15, 0.2) is 0 Å². The highest BCUT2D eigenvalue weighted by Crippen LogP contribution is 2.47. The minimum Gasteiger partial charge on any atom is -0.478 e. The average molecular weight is 528 g/mol. The van der Waals surface area contributed by atoms with E-state index >= 15 is 0 Å². The molecule has 1 saturated heterocycles. The number of aryl methyl sites for hydroxylation is 1. The molecule has 6 rings (SSSR count). The lowest BCUT2D eigenvalue weighted by Crippen LogP contribution is -2.24. The molecule has 188 valence electrons. The molecule has 9 heteroatoms. The summed E-state index contributed by atoms with van der Waals surface area (Å²) in [6.07, 6.45) is 5.80. The van der Waals surface area contributed by atoms with Crippen molar-refractivity contribution in [3.05, 3.63) is 63.0 Å². The van der Waals surface area contributed by atoms with Gasteiger partial charge in [0.2, 0.25) is 0 Å². The first-order valence-electron chi connectivity index (χ1n) is 12.4. The van der Waals surface area contributed by atoms with Gasteiger partial charge in [-0.05, 0) is 68.2 Å². The summed E-state index contributed by atoms with van der Waals surface area (Å²) >= 11 is 13.0. The zero-order valence-corrected chi connectivity index (χ0v) is 21.4. The Balaban J connectivity index is 1.13. The predicted octanol–water partition coefficient (Wildman–Crippen LogP) is 6.36. The number of nitrogens with zero attached hydrogens (tertiary/aromatic N) is 3. The second-order valence-electron chi connectivity index (χ2n) is 10.2. The number of ether oxygens (including phenoxy) is 1. The van der Waals surface area contributed by atoms with E-state index in [0.717, 1.165) is 61.5 Å². The van der Waals surface area contributed by atoms with Crippen LogP contribution in [0.1, 0.15) is 58.8 Å². The van der Waals surface area contributed by atoms with E-state index in [4.69, 9.17) is 32.5 Å². The Kier molecular flexibility index (Phi) is 6.18. The summed E-state index contributed by atoms with van der Waals surface area (Å²) in [6.45, 7) is 4.06. The van der Waals surface area contributed by atoms with Gasteiger partial charge in [0.05, 0.1) is 28.3 Å². The maximum absolute atomic E-state index is 11.3. The van der Waals surface area contributed by atoms with Gasteiger partial charge in [-0.25, -0.2) is 9.78 Å². The number of rotatable bonds is 7. The highest BCUT2D eigenvalue weighted by Gasteiger charge is 2.42. The number of anilines is 1. The molecule has 3 atom stereocenters. The van der Waals surface area contributed by atoms with E-state index in [2.05, 4.69) is 15.0 Å². The van der Waals surface area contributed by atoms with Gasteiger partial charge >= 0.3 is 5.97 Å². The largest absolute Gasteiger partial charge is 0.478 e. The van der Waals surface area contributed by atoms with Gasteiger partial charge in [-0.15, -0.1) is 0 Å². The van der Waals surface area contributed by atoms with Crippen LogP contribution < -0.4 is 4.90 Å². The number of halogens is 2. The van der Waals surface area contributed by atoms with Crippen LogP contribution in [0.15, 0.2) is 35.0 Å². The minimum absolute atomic E-state index is 0.169. The lowest BCUT2D eigenvalue weighted by atomic mass is 10.0. The fourth-order valence-corrected chi connectivity index (χ4v) is 6.33. The first-order valence-corrected chi connectivity index (χ1v) is 13.1. The van der Waals surface area contributed by atoms with Crippen molar-refractivity contribution in [2.45, 2.75) is 51.2 Å². The summed E-state index contributed by atoms with van der Waals surface area (Å²) in [5.41, 5.74) is 3.34. The molecule has 0 bridgehead atoms. The fourth-order valence-electron chi connectivity index (χ4n) is 5.75. The highest BCUT2D eigenvalue weighted by atomic mass is 35.5. The molecule has 2 saturated carbocycles. The van der Waals surface area contributed by atoms with Crippen molar-refractivity contribution in [3.63, 3.8) is 0 Å². The van der Waals surface area contributed by atoms with Crippen molar-refractivity contribution in [3.8, 4) is 11.3 Å². The number of aromatic carboxylic acids is 1. The monoisotopic (exact) mass is 527 g/mol. The number of fused-ring (bicyclic) bond motifs is 1. The average Bonchev–Trinajstić information content (AvgIpc) is 3.30. The van der Waals surface area contributed by atoms with Crippen LogP contribution >= 0.6 is 23.2 Å². The first-order chi connectivity index (χ1) is 17.4. The first kappa shape index (κ1) is 23.8. The van der Waals surface area contributed by atoms with Gasteiger partial charge < -0.3 is 19.3 Å². The van der Waals surface area contributed by atoms with Crippen molar-refractivity contribution in [1.82, 2.24) is 10.1 Å². The Labute approximate surface area is 219 Å². The molecule has 36 heavy (non-hydrogen) atoms. The van der Waals surface area contributed by atoms with E-state index in [9.17, 15) is 9.90 Å². The second kappa shape index (κ2) is 9.36. The van der Waals surface area contributed by atoms with E-state index in [1.54, 1.807) is 0 Å². The smallest absolute Gasteiger partial charge is 0.337 e. The van der Waals surface area contributed by atoms with Crippen molar-refractivity contribution in [1.29, 1.82) is 0 Å². The molecule has 7 nitrogen and oxygen atoms in total. The summed E-state index contributed by atoms with van der Waals surface area (Å²) in [4.78, 5) is 18.0. The van der Waals surface area contributed by atoms with Crippen LogP contribution in [0.4, 0.5) is 5.82 Å². The fraction of sp³-hybridized carbons (Fsp3) is 0.444. The molecule has 2 aliphatic carbocycles. The van der Waals surface area contributed by atoms with Crippen LogP contribution in [0.25, 0.3) is 11.3 Å². The van der Waals surface area contributed by atoms with E-state index in [1.807, 2.05) is 31.2 Å². The Morgan fingerprint density at radius 2 is 1.89 bits per heavy atom. The van der Waals surface area contributed by atoms with Crippen LogP contribution in [-0.2, 0) is 11.3 Å². The molecule has 3 heterocycles. The number of hydrogen-bond acceptors (Lipinski definition) is 6. The third-order valence-electron chi connectivity index (χ3n) is 7.79. The quantitative estimate of drug-likeness (QED) is 0.382. The normalized spacial score (nSPS) is 23.3. The Morgan fingerprint density at radius 3 is 2.50 bits per heavy atom. The Bertz CT molecular complexity index is 1290. The predicted molar refractivity (Wildman–Crippen MR) is 137 cm³/mol. The lowest BCUT2D eigenvalue weighted by Gasteiger charge is -2.21. The number of hydrogen-bond donors (Lipinski definition) is 1. The van der Waals surface area contributed by atoms with Crippen LogP contribution in [0.5, 0.6) is 0 Å². The molecule has 1 N–H and O–H groups in total. The number of benzene rings is 1. The number of carboxylic acids is 1. The van der Waals surface area contributed by atoms with E-state index in [0.29, 0.717) is 45.7 Å². The molecule has 1 aliphatic heterocycles. The molecular formula is C27H27Cl2N3O4. The molecule has 0 amide bonds. The maximum atomic E-state index is 11.3. The standard InChI is InChI=1S/C27H27Cl2N3O4/c1-14-7-23(30-10-19(14)27(33)34)32-11-16-8-18(9-17(16)12-32)35-13-20-25(31-36-26(20)15-5-6-15)24-21(28)3-2-4-22(24)29/h2-4,7,10,15-18H,5-6,8-9,11-13H2,1H3,(H,33,34)/t16-,17+,18?. The Morgan fingerprint density at radius 1 is 1.19 bits per heavy atom. The number of aromatic nitrogens is 2. The topological polar surface area (TPSA) is 88.7 Å². The molecule has 3 fully saturated rings. The van der Waals surface area contributed by atoms with Gasteiger partial charge in [-0.2, -0.15) is 0 Å². The molecule has 3 aliphatic rings. The highest BCUT2D eigenvalue weighted by molar-refractivity contribution is 6.39. The molecule has 0 spiro atoms. The van der Waals surface area contributed by atoms with Gasteiger partial charge in [0.25, 0.3) is 0 Å². The summed E-state index contributed by atoms with van der Waals surface area (Å²) in [5.74, 6) is 2.26. The summed E-state index contributed by atoms with van der Waals surface area (Å²) < 4.78 is 12.2. The van der Waals surface area contributed by atoms with Crippen molar-refractivity contribution >= 4 is 35.0 Å². The van der Waals surface area contributed by atoms with Crippen molar-refractivity contribution in [2.75, 3.05) is 18.0 Å². The van der Waals surface area contributed by atoms with Gasteiger partial charge in [0, 0.05) is 36.3 Å². The third-order valence-corrected chi connectivity index (χ3v) is 8.42. The van der Waals surface area contributed by atoms with E-state index in [-0.39, 0.29) is 11.7 Å². The summed E-state index contributed by atoms with van der Waals surface area (Å²) in [7, 11) is 0. The number of carboxylic acid groups (broad SMARTS) is 1. The molecule has 1 unspecified atom stereocenters. The van der Waals surface area contributed by atoms with Gasteiger partial charge in [-0.3, -0.25) is 0 Å². The molecule has 2 aromatic heterocycles. The van der Waals surface area contributed by atoms with Crippen LogP contribution in [0, 0.1) is 18.8 Å². The van der Waals surface area contributed by atoms with Crippen LogP contribution in [-0.4, -0.2) is 40.4 Å². The molecular weight excluding hydrogens is 501 g/mol. The lowest BCUT2D eigenvalue weighted by molar-refractivity contribution is 0.0402. The van der Waals surface area contributed by atoms with Gasteiger partial charge in [0.1, 0.15) is 17.3 Å². The number of carbonyl (C=O) groups is 1. The second-order valence-corrected chi connectivity index (χ2v) is 11.1. The molecule has 1 aromatic carbocycles. The van der Waals surface area contributed by atoms with Crippen LogP contribution in [0.3, 0.4) is 0 Å². The Hall–Kier alpha value is -2.61. The summed E-state index contributed by atoms with van der Waals surface area (Å²) in [5, 5.41) is 14.7. The maximum Gasteiger partial charge on any atom is 0.337 e. The van der Waals surface area contributed by atoms with Crippen molar-refractivity contribution in [2.24, 2.45) is 11.8 Å².